The smallest absolute Gasteiger partial charge is 0.262 e. The minimum Gasteiger partial charge on any atom is -0.462 e. The fourth-order valence-electron chi connectivity index (χ4n) is 2.86. The third-order valence-electron chi connectivity index (χ3n) is 4.03. The molecule has 0 spiro atoms. The number of hydrogen-bond donors (Lipinski definition) is 2. The van der Waals surface area contributed by atoms with Gasteiger partial charge in [0.25, 0.3) is 11.8 Å². The Morgan fingerprint density at radius 1 is 1.20 bits per heavy atom. The van der Waals surface area contributed by atoms with Crippen LogP contribution in [0.3, 0.4) is 0 Å². The van der Waals surface area contributed by atoms with E-state index in [4.69, 9.17) is 4.42 Å². The van der Waals surface area contributed by atoms with E-state index >= 15 is 0 Å². The Kier molecular flexibility index (Phi) is 5.18. The standard InChI is InChI=1S/C19H21N3O3/c1-14-8-9-16(25-14)10-11-18(23)20-21-19(24)13-22-12-4-6-15-5-2-3-7-17(15)22/h2-3,5,7-11H,4,6,12-13H2,1H3,(H,20,23)(H,21,24)/b11-10+. The summed E-state index contributed by atoms with van der Waals surface area (Å²) in [5, 5.41) is 0. The molecule has 0 aliphatic carbocycles. The number of carbonyl (C=O) groups is 2. The van der Waals surface area contributed by atoms with Crippen LogP contribution in [0.1, 0.15) is 23.5 Å². The highest BCUT2D eigenvalue weighted by Crippen LogP contribution is 2.26. The molecular formula is C19H21N3O3. The minimum atomic E-state index is -0.415. The van der Waals surface area contributed by atoms with Gasteiger partial charge < -0.3 is 9.32 Å². The Morgan fingerprint density at radius 3 is 2.84 bits per heavy atom. The maximum Gasteiger partial charge on any atom is 0.262 e. The van der Waals surface area contributed by atoms with Crippen LogP contribution in [-0.4, -0.2) is 24.9 Å². The largest absolute Gasteiger partial charge is 0.462 e. The molecular weight excluding hydrogens is 318 g/mol. The summed E-state index contributed by atoms with van der Waals surface area (Å²) in [5.74, 6) is 0.688. The van der Waals surface area contributed by atoms with Gasteiger partial charge in [0.1, 0.15) is 11.5 Å². The van der Waals surface area contributed by atoms with Crippen molar-refractivity contribution in [3.05, 3.63) is 59.6 Å². The van der Waals surface area contributed by atoms with E-state index in [1.165, 1.54) is 11.6 Å². The zero-order valence-electron chi connectivity index (χ0n) is 14.1. The van der Waals surface area contributed by atoms with Gasteiger partial charge in [0.05, 0.1) is 6.54 Å². The van der Waals surface area contributed by atoms with Crippen LogP contribution < -0.4 is 15.8 Å². The topological polar surface area (TPSA) is 74.6 Å². The summed E-state index contributed by atoms with van der Waals surface area (Å²) in [7, 11) is 0. The molecule has 1 aromatic carbocycles. The lowest BCUT2D eigenvalue weighted by atomic mass is 10.0. The van der Waals surface area contributed by atoms with Crippen LogP contribution in [0.5, 0.6) is 0 Å². The summed E-state index contributed by atoms with van der Waals surface area (Å²) < 4.78 is 5.33. The second kappa shape index (κ2) is 7.70. The number of nitrogens with zero attached hydrogens (tertiary/aromatic N) is 1. The van der Waals surface area contributed by atoms with Gasteiger partial charge in [-0.15, -0.1) is 0 Å². The molecule has 0 saturated heterocycles. The molecule has 0 fully saturated rings. The lowest BCUT2D eigenvalue weighted by Gasteiger charge is -2.30. The first-order valence-electron chi connectivity index (χ1n) is 8.28. The van der Waals surface area contributed by atoms with Crippen LogP contribution in [0.2, 0.25) is 0 Å². The lowest BCUT2D eigenvalue weighted by molar-refractivity contribution is -0.125. The van der Waals surface area contributed by atoms with Crippen molar-refractivity contribution in [1.29, 1.82) is 0 Å². The van der Waals surface area contributed by atoms with E-state index in [0.29, 0.717) is 5.76 Å². The van der Waals surface area contributed by atoms with E-state index < -0.39 is 5.91 Å². The van der Waals surface area contributed by atoms with Crippen molar-refractivity contribution >= 4 is 23.6 Å². The highest BCUT2D eigenvalue weighted by atomic mass is 16.3. The average molecular weight is 339 g/mol. The average Bonchev–Trinajstić information content (AvgIpc) is 3.04. The molecule has 0 saturated carbocycles. The number of benzene rings is 1. The summed E-state index contributed by atoms with van der Waals surface area (Å²) in [6, 6.07) is 11.7. The van der Waals surface area contributed by atoms with Gasteiger partial charge in [-0.1, -0.05) is 18.2 Å². The number of para-hydroxylation sites is 1. The molecule has 1 aliphatic heterocycles. The van der Waals surface area contributed by atoms with Gasteiger partial charge in [0, 0.05) is 18.3 Å². The van der Waals surface area contributed by atoms with Gasteiger partial charge in [-0.2, -0.15) is 0 Å². The number of aryl methyl sites for hydroxylation is 2. The zero-order chi connectivity index (χ0) is 17.6. The summed E-state index contributed by atoms with van der Waals surface area (Å²) in [6.07, 6.45) is 4.91. The Labute approximate surface area is 146 Å². The van der Waals surface area contributed by atoms with Crippen LogP contribution in [0.25, 0.3) is 6.08 Å². The summed E-state index contributed by atoms with van der Waals surface area (Å²) >= 11 is 0. The van der Waals surface area contributed by atoms with Gasteiger partial charge in [-0.3, -0.25) is 20.4 Å². The predicted octanol–water partition coefficient (Wildman–Crippen LogP) is 2.20. The van der Waals surface area contributed by atoms with Crippen LogP contribution in [0, 0.1) is 6.92 Å². The molecule has 2 amide bonds. The summed E-state index contributed by atoms with van der Waals surface area (Å²) in [4.78, 5) is 25.9. The first-order chi connectivity index (χ1) is 12.1. The molecule has 6 heteroatoms. The number of hydrogen-bond acceptors (Lipinski definition) is 4. The number of rotatable bonds is 4. The molecule has 3 rings (SSSR count). The molecule has 130 valence electrons. The van der Waals surface area contributed by atoms with Crippen molar-refractivity contribution in [2.45, 2.75) is 19.8 Å². The Morgan fingerprint density at radius 2 is 2.04 bits per heavy atom. The van der Waals surface area contributed by atoms with Crippen molar-refractivity contribution in [2.75, 3.05) is 18.0 Å². The third kappa shape index (κ3) is 4.50. The lowest BCUT2D eigenvalue weighted by Crippen LogP contribution is -2.47. The monoisotopic (exact) mass is 339 g/mol. The molecule has 1 aromatic heterocycles. The second-order valence-corrected chi connectivity index (χ2v) is 5.97. The highest BCUT2D eigenvalue weighted by molar-refractivity contribution is 5.93. The summed E-state index contributed by atoms with van der Waals surface area (Å²) in [6.45, 7) is 2.87. The molecule has 0 radical (unpaired) electrons. The van der Waals surface area contributed by atoms with Gasteiger partial charge >= 0.3 is 0 Å². The Balaban J connectivity index is 1.48. The molecule has 25 heavy (non-hydrogen) atoms. The van der Waals surface area contributed by atoms with Gasteiger partial charge in [0.2, 0.25) is 0 Å². The minimum absolute atomic E-state index is 0.207. The molecule has 1 aliphatic rings. The molecule has 2 heterocycles. The molecule has 0 atom stereocenters. The number of carbonyl (C=O) groups excluding carboxylic acids is 2. The maximum atomic E-state index is 12.1. The zero-order valence-corrected chi connectivity index (χ0v) is 14.1. The van der Waals surface area contributed by atoms with Crippen LogP contribution in [0.4, 0.5) is 5.69 Å². The molecule has 2 N–H and O–H groups in total. The number of amides is 2. The number of nitrogens with one attached hydrogen (secondary N) is 2. The van der Waals surface area contributed by atoms with Gasteiger partial charge in [-0.25, -0.2) is 0 Å². The van der Waals surface area contributed by atoms with Gasteiger partial charge in [0.15, 0.2) is 0 Å². The molecule has 0 bridgehead atoms. The van der Waals surface area contributed by atoms with Crippen molar-refractivity contribution < 1.29 is 14.0 Å². The van der Waals surface area contributed by atoms with E-state index in [2.05, 4.69) is 16.9 Å². The first kappa shape index (κ1) is 16.8. The highest BCUT2D eigenvalue weighted by Gasteiger charge is 2.18. The van der Waals surface area contributed by atoms with E-state index in [1.54, 1.807) is 12.1 Å². The first-order valence-corrected chi connectivity index (χ1v) is 8.28. The van der Waals surface area contributed by atoms with Gasteiger partial charge in [-0.05, 0) is 49.6 Å². The molecule has 0 unspecified atom stereocenters. The van der Waals surface area contributed by atoms with Crippen molar-refractivity contribution in [2.24, 2.45) is 0 Å². The van der Waals surface area contributed by atoms with Crippen LogP contribution in [-0.2, 0) is 16.0 Å². The fraction of sp³-hybridized carbons (Fsp3) is 0.263. The van der Waals surface area contributed by atoms with E-state index in [1.807, 2.05) is 36.1 Å². The van der Waals surface area contributed by atoms with Crippen LogP contribution >= 0.6 is 0 Å². The SMILES string of the molecule is Cc1ccc(/C=C/C(=O)NNC(=O)CN2CCCc3ccccc32)o1. The maximum absolute atomic E-state index is 12.1. The number of furan rings is 1. The number of fused-ring (bicyclic) bond motifs is 1. The van der Waals surface area contributed by atoms with Crippen molar-refractivity contribution in [3.8, 4) is 0 Å². The van der Waals surface area contributed by atoms with E-state index in [9.17, 15) is 9.59 Å². The Hall–Kier alpha value is -3.02. The third-order valence-corrected chi connectivity index (χ3v) is 4.03. The number of hydrazine groups is 1. The summed E-state index contributed by atoms with van der Waals surface area (Å²) in [5.41, 5.74) is 7.16. The molecule has 6 nitrogen and oxygen atoms in total. The quantitative estimate of drug-likeness (QED) is 0.661. The second-order valence-electron chi connectivity index (χ2n) is 5.97. The van der Waals surface area contributed by atoms with Crippen molar-refractivity contribution in [3.63, 3.8) is 0 Å². The van der Waals surface area contributed by atoms with E-state index in [-0.39, 0.29) is 12.5 Å². The normalized spacial score (nSPS) is 13.6. The Bertz CT molecular complexity index is 795. The molecule has 2 aromatic rings. The van der Waals surface area contributed by atoms with E-state index in [0.717, 1.165) is 30.8 Å². The van der Waals surface area contributed by atoms with Crippen molar-refractivity contribution in [1.82, 2.24) is 10.9 Å². The number of anilines is 1. The predicted molar refractivity (Wildman–Crippen MR) is 95.7 cm³/mol. The van der Waals surface area contributed by atoms with Crippen LogP contribution in [0.15, 0.2) is 46.9 Å². The fourth-order valence-corrected chi connectivity index (χ4v) is 2.86.